The molecule has 150 valence electrons. The van der Waals surface area contributed by atoms with E-state index in [1.165, 1.54) is 31.6 Å². The number of methoxy groups -OCH3 is 1. The summed E-state index contributed by atoms with van der Waals surface area (Å²) in [4.78, 5) is 21.0. The summed E-state index contributed by atoms with van der Waals surface area (Å²) in [6, 6.07) is 10.8. The predicted octanol–water partition coefficient (Wildman–Crippen LogP) is 4.12. The molecule has 0 spiro atoms. The first-order chi connectivity index (χ1) is 14.0. The van der Waals surface area contributed by atoms with E-state index in [9.17, 15) is 13.6 Å². The van der Waals surface area contributed by atoms with Crippen LogP contribution in [0.4, 0.5) is 20.2 Å². The first-order valence-corrected chi connectivity index (χ1v) is 8.45. The minimum atomic E-state index is -2.98. The molecule has 0 fully saturated rings. The molecule has 7 nitrogen and oxygen atoms in total. The molecule has 1 aromatic heterocycles. The zero-order chi connectivity index (χ0) is 20.8. The lowest BCUT2D eigenvalue weighted by Gasteiger charge is -2.26. The van der Waals surface area contributed by atoms with E-state index in [4.69, 9.17) is 9.84 Å². The average Bonchev–Trinajstić information content (AvgIpc) is 2.73. The van der Waals surface area contributed by atoms with E-state index >= 15 is 0 Å². The summed E-state index contributed by atoms with van der Waals surface area (Å²) in [5.41, 5.74) is 2.25. The number of aromatic carboxylic acids is 1. The standard InChI is InChI=1S/C20H17F2N3O4/c1-28-18-8-16(6-7-17(18)29-20(21)22)25(11-13-9-23-12-24-10-13)15-4-2-14(3-5-15)19(26)27/h2-10,12,20H,11H2,1H3,(H,26,27). The summed E-state index contributed by atoms with van der Waals surface area (Å²) in [7, 11) is 1.36. The normalized spacial score (nSPS) is 10.6. The molecule has 9 heteroatoms. The smallest absolute Gasteiger partial charge is 0.387 e. The van der Waals surface area contributed by atoms with Gasteiger partial charge in [-0.25, -0.2) is 14.8 Å². The molecule has 0 bridgehead atoms. The van der Waals surface area contributed by atoms with Gasteiger partial charge in [-0.1, -0.05) is 0 Å². The van der Waals surface area contributed by atoms with Crippen LogP contribution in [-0.2, 0) is 6.54 Å². The zero-order valence-electron chi connectivity index (χ0n) is 15.3. The van der Waals surface area contributed by atoms with Crippen molar-refractivity contribution in [2.45, 2.75) is 13.2 Å². The van der Waals surface area contributed by atoms with Gasteiger partial charge < -0.3 is 19.5 Å². The fraction of sp³-hybridized carbons (Fsp3) is 0.150. The molecule has 3 rings (SSSR count). The monoisotopic (exact) mass is 401 g/mol. The van der Waals surface area contributed by atoms with E-state index in [0.717, 1.165) is 5.56 Å². The molecule has 0 aliphatic heterocycles. The molecule has 2 aromatic carbocycles. The van der Waals surface area contributed by atoms with Gasteiger partial charge in [0.2, 0.25) is 0 Å². The van der Waals surface area contributed by atoms with Gasteiger partial charge in [0.05, 0.1) is 19.2 Å². The molecular weight excluding hydrogens is 384 g/mol. The number of nitrogens with zero attached hydrogens (tertiary/aromatic N) is 3. The quantitative estimate of drug-likeness (QED) is 0.608. The van der Waals surface area contributed by atoms with Gasteiger partial charge in [-0.05, 0) is 36.4 Å². The van der Waals surface area contributed by atoms with Crippen LogP contribution in [0.15, 0.2) is 61.2 Å². The van der Waals surface area contributed by atoms with E-state index < -0.39 is 12.6 Å². The molecular formula is C20H17F2N3O4. The topological polar surface area (TPSA) is 84.8 Å². The van der Waals surface area contributed by atoms with Gasteiger partial charge in [0, 0.05) is 35.4 Å². The summed E-state index contributed by atoms with van der Waals surface area (Å²) in [5, 5.41) is 9.12. The van der Waals surface area contributed by atoms with E-state index in [2.05, 4.69) is 14.7 Å². The van der Waals surface area contributed by atoms with Gasteiger partial charge in [0.15, 0.2) is 11.5 Å². The third-order valence-corrected chi connectivity index (χ3v) is 4.06. The first kappa shape index (κ1) is 20.0. The van der Waals surface area contributed by atoms with Crippen LogP contribution in [0.3, 0.4) is 0 Å². The van der Waals surface area contributed by atoms with Crippen molar-refractivity contribution in [2.75, 3.05) is 12.0 Å². The number of alkyl halides is 2. The Labute approximate surface area is 165 Å². The van der Waals surface area contributed by atoms with E-state index in [0.29, 0.717) is 17.9 Å². The summed E-state index contributed by atoms with van der Waals surface area (Å²) in [6.07, 6.45) is 4.71. The molecule has 3 aromatic rings. The van der Waals surface area contributed by atoms with Gasteiger partial charge in [0.25, 0.3) is 0 Å². The maximum Gasteiger partial charge on any atom is 0.387 e. The van der Waals surface area contributed by atoms with Crippen LogP contribution in [0.1, 0.15) is 15.9 Å². The van der Waals surface area contributed by atoms with Gasteiger partial charge in [-0.2, -0.15) is 8.78 Å². The van der Waals surface area contributed by atoms with E-state index in [-0.39, 0.29) is 17.1 Å². The predicted molar refractivity (Wildman–Crippen MR) is 101 cm³/mol. The number of anilines is 2. The summed E-state index contributed by atoms with van der Waals surface area (Å²) >= 11 is 0. The second-order valence-corrected chi connectivity index (χ2v) is 5.90. The van der Waals surface area contributed by atoms with E-state index in [1.54, 1.807) is 36.7 Å². The average molecular weight is 401 g/mol. The van der Waals surface area contributed by atoms with Gasteiger partial charge in [-0.3, -0.25) is 0 Å². The molecule has 0 aliphatic rings. The third kappa shape index (κ3) is 4.95. The number of carbonyl (C=O) groups is 1. The first-order valence-electron chi connectivity index (χ1n) is 8.45. The number of ether oxygens (including phenoxy) is 2. The van der Waals surface area contributed by atoms with Crippen LogP contribution in [0.25, 0.3) is 0 Å². The van der Waals surface area contributed by atoms with Crippen LogP contribution in [0.5, 0.6) is 11.5 Å². The fourth-order valence-corrected chi connectivity index (χ4v) is 2.73. The van der Waals surface area contributed by atoms with Crippen molar-refractivity contribution in [3.63, 3.8) is 0 Å². The van der Waals surface area contributed by atoms with Crippen molar-refractivity contribution in [1.82, 2.24) is 9.97 Å². The highest BCUT2D eigenvalue weighted by atomic mass is 19.3. The number of hydrogen-bond donors (Lipinski definition) is 1. The van der Waals surface area contributed by atoms with Crippen molar-refractivity contribution in [1.29, 1.82) is 0 Å². The van der Waals surface area contributed by atoms with Crippen LogP contribution in [-0.4, -0.2) is 34.8 Å². The highest BCUT2D eigenvalue weighted by Gasteiger charge is 2.16. The number of carboxylic acid groups (broad SMARTS) is 1. The second kappa shape index (κ2) is 8.96. The minimum absolute atomic E-state index is 0.0875. The molecule has 29 heavy (non-hydrogen) atoms. The highest BCUT2D eigenvalue weighted by Crippen LogP contribution is 2.36. The third-order valence-electron chi connectivity index (χ3n) is 4.06. The maximum atomic E-state index is 12.6. The molecule has 1 N–H and O–H groups in total. The number of hydrogen-bond acceptors (Lipinski definition) is 6. The number of halogens is 2. The Balaban J connectivity index is 2.01. The molecule has 0 saturated carbocycles. The maximum absolute atomic E-state index is 12.6. The molecule has 0 atom stereocenters. The Kier molecular flexibility index (Phi) is 6.18. The summed E-state index contributed by atoms with van der Waals surface area (Å²) < 4.78 is 34.9. The van der Waals surface area contributed by atoms with Crippen molar-refractivity contribution in [2.24, 2.45) is 0 Å². The summed E-state index contributed by atoms with van der Waals surface area (Å²) in [6.45, 7) is -2.62. The Hall–Kier alpha value is -3.75. The largest absolute Gasteiger partial charge is 0.493 e. The number of carboxylic acids is 1. The van der Waals surface area contributed by atoms with Crippen LogP contribution in [0, 0.1) is 0 Å². The Bertz CT molecular complexity index is 969. The van der Waals surface area contributed by atoms with Crippen molar-refractivity contribution in [3.05, 3.63) is 72.3 Å². The Morgan fingerprint density at radius 1 is 1.07 bits per heavy atom. The molecule has 0 unspecified atom stereocenters. The van der Waals surface area contributed by atoms with Crippen molar-refractivity contribution >= 4 is 17.3 Å². The molecule has 0 aliphatic carbocycles. The minimum Gasteiger partial charge on any atom is -0.493 e. The molecule has 0 amide bonds. The molecule has 1 heterocycles. The fourth-order valence-electron chi connectivity index (χ4n) is 2.73. The van der Waals surface area contributed by atoms with Gasteiger partial charge >= 0.3 is 12.6 Å². The zero-order valence-corrected chi connectivity index (χ0v) is 15.3. The van der Waals surface area contributed by atoms with E-state index in [1.807, 2.05) is 4.90 Å². The van der Waals surface area contributed by atoms with Crippen LogP contribution >= 0.6 is 0 Å². The lowest BCUT2D eigenvalue weighted by atomic mass is 10.1. The molecule has 0 radical (unpaired) electrons. The number of aromatic nitrogens is 2. The second-order valence-electron chi connectivity index (χ2n) is 5.90. The lowest BCUT2D eigenvalue weighted by molar-refractivity contribution is -0.0512. The Morgan fingerprint density at radius 2 is 1.72 bits per heavy atom. The number of benzene rings is 2. The molecule has 0 saturated heterocycles. The highest BCUT2D eigenvalue weighted by molar-refractivity contribution is 5.88. The van der Waals surface area contributed by atoms with Crippen LogP contribution in [0.2, 0.25) is 0 Å². The Morgan fingerprint density at radius 3 is 2.31 bits per heavy atom. The van der Waals surface area contributed by atoms with Crippen molar-refractivity contribution < 1.29 is 28.2 Å². The van der Waals surface area contributed by atoms with Gasteiger partial charge in [-0.15, -0.1) is 0 Å². The SMILES string of the molecule is COc1cc(N(Cc2cncnc2)c2ccc(C(=O)O)cc2)ccc1OC(F)F. The van der Waals surface area contributed by atoms with Gasteiger partial charge in [0.1, 0.15) is 6.33 Å². The number of rotatable bonds is 8. The van der Waals surface area contributed by atoms with Crippen molar-refractivity contribution in [3.8, 4) is 11.5 Å². The van der Waals surface area contributed by atoms with Crippen LogP contribution < -0.4 is 14.4 Å². The lowest BCUT2D eigenvalue weighted by Crippen LogP contribution is -2.17. The summed E-state index contributed by atoms with van der Waals surface area (Å²) in [5.74, 6) is -0.982.